The maximum atomic E-state index is 11.7. The molecule has 0 amide bonds. The molecule has 6 heteroatoms. The molecule has 1 aromatic rings. The minimum atomic E-state index is -0.702. The molecule has 6 nitrogen and oxygen atoms in total. The third-order valence-corrected chi connectivity index (χ3v) is 5.60. The van der Waals surface area contributed by atoms with E-state index in [0.717, 1.165) is 37.9 Å². The Morgan fingerprint density at radius 3 is 2.57 bits per heavy atom. The fourth-order valence-electron chi connectivity index (χ4n) is 4.16. The predicted octanol–water partition coefficient (Wildman–Crippen LogP) is 2.61. The smallest absolute Gasteiger partial charge is 0.311 e. The van der Waals surface area contributed by atoms with Crippen molar-refractivity contribution in [1.29, 1.82) is 0 Å². The van der Waals surface area contributed by atoms with Gasteiger partial charge in [0.15, 0.2) is 5.82 Å². The molecule has 0 saturated heterocycles. The van der Waals surface area contributed by atoms with E-state index in [-0.39, 0.29) is 5.41 Å². The standard InChI is InChI=1S/C15H24N4O2/c1-14(2)7-5-6-11(14)12-16-17-18-19(12)10-15(13(20)21)8-3-4-9-15/h11H,3-10H2,1-2H3,(H,20,21). The molecule has 1 aromatic heterocycles. The molecule has 1 heterocycles. The van der Waals surface area contributed by atoms with Crippen LogP contribution in [0.3, 0.4) is 0 Å². The minimum Gasteiger partial charge on any atom is -0.481 e. The molecule has 1 N–H and O–H groups in total. The second kappa shape index (κ2) is 5.07. The summed E-state index contributed by atoms with van der Waals surface area (Å²) in [5.41, 5.74) is -0.481. The molecule has 116 valence electrons. The van der Waals surface area contributed by atoms with Gasteiger partial charge in [0.05, 0.1) is 12.0 Å². The van der Waals surface area contributed by atoms with Crippen LogP contribution in [-0.2, 0) is 11.3 Å². The second-order valence-corrected chi connectivity index (χ2v) is 7.42. The Morgan fingerprint density at radius 1 is 1.29 bits per heavy atom. The second-order valence-electron chi connectivity index (χ2n) is 7.42. The van der Waals surface area contributed by atoms with Crippen molar-refractivity contribution in [2.24, 2.45) is 10.8 Å². The summed E-state index contributed by atoms with van der Waals surface area (Å²) in [5.74, 6) is 0.511. The summed E-state index contributed by atoms with van der Waals surface area (Å²) in [4.78, 5) is 11.7. The first kappa shape index (κ1) is 14.5. The summed E-state index contributed by atoms with van der Waals surface area (Å²) in [5, 5.41) is 21.8. The first-order valence-corrected chi connectivity index (χ1v) is 7.94. The third kappa shape index (κ3) is 2.45. The number of carboxylic acids is 1. The lowest BCUT2D eigenvalue weighted by Gasteiger charge is -2.28. The normalized spacial score (nSPS) is 27.0. The van der Waals surface area contributed by atoms with E-state index < -0.39 is 11.4 Å². The van der Waals surface area contributed by atoms with Gasteiger partial charge in [-0.3, -0.25) is 4.79 Å². The van der Waals surface area contributed by atoms with Crippen molar-refractivity contribution >= 4 is 5.97 Å². The van der Waals surface area contributed by atoms with Crippen molar-refractivity contribution in [2.75, 3.05) is 0 Å². The molecule has 2 saturated carbocycles. The average molecular weight is 292 g/mol. The summed E-state index contributed by atoms with van der Waals surface area (Å²) in [7, 11) is 0. The molecule has 21 heavy (non-hydrogen) atoms. The van der Waals surface area contributed by atoms with Gasteiger partial charge in [-0.05, 0) is 41.5 Å². The van der Waals surface area contributed by atoms with Crippen molar-refractivity contribution in [1.82, 2.24) is 20.2 Å². The van der Waals surface area contributed by atoms with Gasteiger partial charge in [-0.15, -0.1) is 5.10 Å². The Kier molecular flexibility index (Phi) is 3.50. The van der Waals surface area contributed by atoms with Crippen LogP contribution in [0.25, 0.3) is 0 Å². The van der Waals surface area contributed by atoms with Gasteiger partial charge in [-0.2, -0.15) is 0 Å². The Morgan fingerprint density at radius 2 is 2.00 bits per heavy atom. The van der Waals surface area contributed by atoms with Gasteiger partial charge >= 0.3 is 5.97 Å². The van der Waals surface area contributed by atoms with Crippen LogP contribution >= 0.6 is 0 Å². The van der Waals surface area contributed by atoms with E-state index in [4.69, 9.17) is 0 Å². The summed E-state index contributed by atoms with van der Waals surface area (Å²) in [6.07, 6.45) is 6.89. The van der Waals surface area contributed by atoms with E-state index in [1.54, 1.807) is 4.68 Å². The number of carboxylic acid groups (broad SMARTS) is 1. The molecule has 1 atom stereocenters. The van der Waals surface area contributed by atoms with E-state index in [0.29, 0.717) is 12.5 Å². The Balaban J connectivity index is 1.87. The number of rotatable bonds is 4. The fraction of sp³-hybridized carbons (Fsp3) is 0.867. The van der Waals surface area contributed by atoms with Gasteiger partial charge in [-0.25, -0.2) is 4.68 Å². The molecule has 3 rings (SSSR count). The maximum Gasteiger partial charge on any atom is 0.311 e. The third-order valence-electron chi connectivity index (χ3n) is 5.60. The molecule has 2 fully saturated rings. The van der Waals surface area contributed by atoms with Crippen LogP contribution in [0.15, 0.2) is 0 Å². The topological polar surface area (TPSA) is 80.9 Å². The molecule has 0 spiro atoms. The molecule has 0 aliphatic heterocycles. The molecule has 2 aliphatic rings. The molecule has 2 aliphatic carbocycles. The first-order chi connectivity index (χ1) is 9.95. The van der Waals surface area contributed by atoms with Crippen LogP contribution in [0.5, 0.6) is 0 Å². The molecule has 0 aromatic carbocycles. The Labute approximate surface area is 124 Å². The molecular formula is C15H24N4O2. The molecular weight excluding hydrogens is 268 g/mol. The van der Waals surface area contributed by atoms with E-state index in [9.17, 15) is 9.90 Å². The van der Waals surface area contributed by atoms with Crippen molar-refractivity contribution in [3.05, 3.63) is 5.82 Å². The largest absolute Gasteiger partial charge is 0.481 e. The van der Waals surface area contributed by atoms with Crippen LogP contribution in [-0.4, -0.2) is 31.3 Å². The lowest BCUT2D eigenvalue weighted by molar-refractivity contribution is -0.149. The quantitative estimate of drug-likeness (QED) is 0.922. The number of tetrazole rings is 1. The number of nitrogens with zero attached hydrogens (tertiary/aromatic N) is 4. The van der Waals surface area contributed by atoms with Crippen LogP contribution < -0.4 is 0 Å². The van der Waals surface area contributed by atoms with Crippen molar-refractivity contribution in [3.8, 4) is 0 Å². The van der Waals surface area contributed by atoms with E-state index in [2.05, 4.69) is 29.4 Å². The van der Waals surface area contributed by atoms with Gasteiger partial charge in [0.2, 0.25) is 0 Å². The summed E-state index contributed by atoms with van der Waals surface area (Å²) < 4.78 is 1.77. The summed E-state index contributed by atoms with van der Waals surface area (Å²) in [6.45, 7) is 4.93. The van der Waals surface area contributed by atoms with Crippen LogP contribution in [0, 0.1) is 10.8 Å². The van der Waals surface area contributed by atoms with Gasteiger partial charge < -0.3 is 5.11 Å². The van der Waals surface area contributed by atoms with E-state index in [1.165, 1.54) is 12.8 Å². The lowest BCUT2D eigenvalue weighted by Crippen LogP contribution is -2.34. The summed E-state index contributed by atoms with van der Waals surface area (Å²) >= 11 is 0. The zero-order chi connectivity index (χ0) is 15.1. The zero-order valence-electron chi connectivity index (χ0n) is 12.9. The van der Waals surface area contributed by atoms with Gasteiger partial charge in [0.25, 0.3) is 0 Å². The highest BCUT2D eigenvalue weighted by Gasteiger charge is 2.44. The SMILES string of the molecule is CC1(C)CCCC1c1nnnn1CC1(C(=O)O)CCCC1. The average Bonchev–Trinajstić information content (AvgIpc) is 3.10. The van der Waals surface area contributed by atoms with Gasteiger partial charge in [-0.1, -0.05) is 33.1 Å². The Bertz CT molecular complexity index is 532. The van der Waals surface area contributed by atoms with E-state index in [1.807, 2.05) is 0 Å². The maximum absolute atomic E-state index is 11.7. The number of aromatic nitrogens is 4. The zero-order valence-corrected chi connectivity index (χ0v) is 12.9. The first-order valence-electron chi connectivity index (χ1n) is 7.94. The Hall–Kier alpha value is -1.46. The van der Waals surface area contributed by atoms with Crippen molar-refractivity contribution in [3.63, 3.8) is 0 Å². The predicted molar refractivity (Wildman–Crippen MR) is 76.7 cm³/mol. The minimum absolute atomic E-state index is 0.193. The highest BCUT2D eigenvalue weighted by atomic mass is 16.4. The van der Waals surface area contributed by atoms with Gasteiger partial charge in [0.1, 0.15) is 0 Å². The number of aliphatic carboxylic acids is 1. The van der Waals surface area contributed by atoms with Crippen LogP contribution in [0.4, 0.5) is 0 Å². The number of hydrogen-bond acceptors (Lipinski definition) is 4. The number of hydrogen-bond donors (Lipinski definition) is 1. The lowest BCUT2D eigenvalue weighted by atomic mass is 9.81. The van der Waals surface area contributed by atoms with Crippen molar-refractivity contribution in [2.45, 2.75) is 71.3 Å². The van der Waals surface area contributed by atoms with Crippen LogP contribution in [0.2, 0.25) is 0 Å². The molecule has 1 unspecified atom stereocenters. The fourth-order valence-corrected chi connectivity index (χ4v) is 4.16. The molecule has 0 radical (unpaired) electrons. The van der Waals surface area contributed by atoms with Crippen LogP contribution in [0.1, 0.15) is 70.5 Å². The number of carbonyl (C=O) groups is 1. The summed E-state index contributed by atoms with van der Waals surface area (Å²) in [6, 6.07) is 0. The monoisotopic (exact) mass is 292 g/mol. The van der Waals surface area contributed by atoms with E-state index >= 15 is 0 Å². The highest BCUT2D eigenvalue weighted by molar-refractivity contribution is 5.74. The molecule has 0 bridgehead atoms. The van der Waals surface area contributed by atoms with Crippen molar-refractivity contribution < 1.29 is 9.90 Å². The highest BCUT2D eigenvalue weighted by Crippen LogP contribution is 2.48. The van der Waals surface area contributed by atoms with Gasteiger partial charge in [0, 0.05) is 5.92 Å².